The molecule has 1 aromatic carbocycles. The van der Waals surface area contributed by atoms with Gasteiger partial charge in [0.25, 0.3) is 0 Å². The number of sulfonamides is 1. The van der Waals surface area contributed by atoms with Gasteiger partial charge >= 0.3 is 0 Å². The van der Waals surface area contributed by atoms with E-state index in [-0.39, 0.29) is 10.9 Å². The first-order chi connectivity index (χ1) is 9.45. The van der Waals surface area contributed by atoms with Gasteiger partial charge in [0.15, 0.2) is 0 Å². The maximum absolute atomic E-state index is 12.5. The van der Waals surface area contributed by atoms with E-state index in [0.717, 1.165) is 5.56 Å². The Bertz CT molecular complexity index is 716. The van der Waals surface area contributed by atoms with Crippen LogP contribution in [0.2, 0.25) is 0 Å². The maximum Gasteiger partial charge on any atom is 0.241 e. The van der Waals surface area contributed by atoms with Crippen molar-refractivity contribution in [2.45, 2.75) is 31.2 Å². The highest BCUT2D eigenvalue weighted by Crippen LogP contribution is 2.24. The van der Waals surface area contributed by atoms with Crippen molar-refractivity contribution in [1.29, 1.82) is 0 Å². The van der Waals surface area contributed by atoms with Crippen molar-refractivity contribution in [3.8, 4) is 0 Å². The molecule has 108 valence electrons. The predicted molar refractivity (Wildman–Crippen MR) is 81.6 cm³/mol. The third kappa shape index (κ3) is 3.11. The van der Waals surface area contributed by atoms with Gasteiger partial charge in [-0.3, -0.25) is 4.98 Å². The minimum absolute atomic E-state index is 0.203. The van der Waals surface area contributed by atoms with Crippen LogP contribution >= 0.6 is 11.6 Å². The quantitative estimate of drug-likeness (QED) is 0.864. The van der Waals surface area contributed by atoms with Crippen LogP contribution in [-0.4, -0.2) is 25.3 Å². The Morgan fingerprint density at radius 1 is 1.35 bits per heavy atom. The van der Waals surface area contributed by atoms with E-state index < -0.39 is 10.0 Å². The highest BCUT2D eigenvalue weighted by atomic mass is 35.5. The summed E-state index contributed by atoms with van der Waals surface area (Å²) >= 11 is 5.64. The number of hydrogen-bond donors (Lipinski definition) is 1. The van der Waals surface area contributed by atoms with E-state index in [1.165, 1.54) is 0 Å². The van der Waals surface area contributed by atoms with Crippen LogP contribution in [0.1, 0.15) is 18.9 Å². The Balaban J connectivity index is 2.50. The van der Waals surface area contributed by atoms with E-state index in [1.54, 1.807) is 37.4 Å². The number of hydrogen-bond acceptors (Lipinski definition) is 3. The molecule has 6 heteroatoms. The fourth-order valence-corrected chi connectivity index (χ4v) is 3.88. The van der Waals surface area contributed by atoms with Crippen LogP contribution in [0, 0.1) is 6.92 Å². The Kier molecular flexibility index (Phi) is 4.62. The topological polar surface area (TPSA) is 59.1 Å². The zero-order chi connectivity index (χ0) is 14.8. The second-order valence-corrected chi connectivity index (χ2v) is 6.84. The lowest BCUT2D eigenvalue weighted by molar-refractivity contribution is 0.557. The van der Waals surface area contributed by atoms with Gasteiger partial charge in [-0.15, -0.1) is 11.6 Å². The molecule has 0 amide bonds. The number of nitrogens with zero attached hydrogens (tertiary/aromatic N) is 1. The van der Waals surface area contributed by atoms with Crippen molar-refractivity contribution in [1.82, 2.24) is 9.71 Å². The first-order valence-electron chi connectivity index (χ1n) is 6.38. The summed E-state index contributed by atoms with van der Waals surface area (Å²) in [6, 6.07) is 6.70. The molecule has 1 aromatic heterocycles. The normalized spacial score (nSPS) is 13.6. The summed E-state index contributed by atoms with van der Waals surface area (Å²) in [6.07, 6.45) is 2.25. The molecular weight excluding hydrogens is 296 g/mol. The van der Waals surface area contributed by atoms with Gasteiger partial charge in [-0.25, -0.2) is 13.1 Å². The zero-order valence-corrected chi connectivity index (χ0v) is 13.0. The molecule has 2 rings (SSSR count). The van der Waals surface area contributed by atoms with Gasteiger partial charge in [-0.2, -0.15) is 0 Å². The molecule has 0 saturated heterocycles. The Hall–Kier alpha value is -1.17. The molecule has 1 heterocycles. The number of rotatable bonds is 5. The molecule has 0 spiro atoms. The van der Waals surface area contributed by atoms with Crippen LogP contribution in [0.15, 0.2) is 35.4 Å². The smallest absolute Gasteiger partial charge is 0.241 e. The van der Waals surface area contributed by atoms with Gasteiger partial charge in [-0.1, -0.05) is 6.07 Å². The lowest BCUT2D eigenvalue weighted by Gasteiger charge is -2.14. The summed E-state index contributed by atoms with van der Waals surface area (Å²) in [4.78, 5) is 4.51. The van der Waals surface area contributed by atoms with Gasteiger partial charge in [0.1, 0.15) is 0 Å². The van der Waals surface area contributed by atoms with Crippen molar-refractivity contribution in [2.75, 3.05) is 5.88 Å². The van der Waals surface area contributed by atoms with Gasteiger partial charge in [0.2, 0.25) is 10.0 Å². The number of halogens is 1. The van der Waals surface area contributed by atoms with E-state index in [4.69, 9.17) is 11.6 Å². The minimum atomic E-state index is -3.57. The second-order valence-electron chi connectivity index (χ2n) is 4.78. The number of alkyl halides is 1. The van der Waals surface area contributed by atoms with E-state index in [1.807, 2.05) is 6.92 Å². The standard InChI is InChI=1S/C14H17ClN2O2S/c1-10-5-6-13(12-4-3-9-16-14(10)12)20(18,19)17-11(2)7-8-15/h3-6,9,11,17H,7-8H2,1-2H3. The fourth-order valence-electron chi connectivity index (χ4n) is 2.07. The predicted octanol–water partition coefficient (Wildman–Crippen LogP) is 2.84. The van der Waals surface area contributed by atoms with Gasteiger partial charge < -0.3 is 0 Å². The number of pyridine rings is 1. The number of fused-ring (bicyclic) bond motifs is 1. The molecule has 0 aliphatic carbocycles. The summed E-state index contributed by atoms with van der Waals surface area (Å²) in [6.45, 7) is 3.71. The third-order valence-corrected chi connectivity index (χ3v) is 4.99. The summed E-state index contributed by atoms with van der Waals surface area (Å²) in [7, 11) is -3.57. The molecule has 0 radical (unpaired) electrons. The van der Waals surface area contributed by atoms with E-state index in [0.29, 0.717) is 23.2 Å². The van der Waals surface area contributed by atoms with Crippen LogP contribution in [0.3, 0.4) is 0 Å². The fraction of sp³-hybridized carbons (Fsp3) is 0.357. The molecule has 4 nitrogen and oxygen atoms in total. The first-order valence-corrected chi connectivity index (χ1v) is 8.40. The Morgan fingerprint density at radius 3 is 2.80 bits per heavy atom. The Morgan fingerprint density at radius 2 is 2.10 bits per heavy atom. The minimum Gasteiger partial charge on any atom is -0.256 e. The van der Waals surface area contributed by atoms with E-state index in [2.05, 4.69) is 9.71 Å². The monoisotopic (exact) mass is 312 g/mol. The van der Waals surface area contributed by atoms with Crippen LogP contribution in [0.5, 0.6) is 0 Å². The molecule has 20 heavy (non-hydrogen) atoms. The summed E-state index contributed by atoms with van der Waals surface area (Å²) < 4.78 is 27.6. The third-order valence-electron chi connectivity index (χ3n) is 3.12. The largest absolute Gasteiger partial charge is 0.256 e. The van der Waals surface area contributed by atoms with Crippen LogP contribution in [-0.2, 0) is 10.0 Å². The summed E-state index contributed by atoms with van der Waals surface area (Å²) in [5.74, 6) is 0.417. The number of benzene rings is 1. The molecule has 1 N–H and O–H groups in total. The molecule has 0 saturated carbocycles. The van der Waals surface area contributed by atoms with Crippen molar-refractivity contribution >= 4 is 32.5 Å². The van der Waals surface area contributed by atoms with Crippen LogP contribution in [0.25, 0.3) is 10.9 Å². The highest BCUT2D eigenvalue weighted by molar-refractivity contribution is 7.89. The van der Waals surface area contributed by atoms with Gasteiger partial charge in [0, 0.05) is 23.5 Å². The lowest BCUT2D eigenvalue weighted by Crippen LogP contribution is -2.33. The van der Waals surface area contributed by atoms with Gasteiger partial charge in [-0.05, 0) is 44.0 Å². The summed E-state index contributed by atoms with van der Waals surface area (Å²) in [5, 5.41) is 0.637. The van der Waals surface area contributed by atoms with Crippen molar-refractivity contribution < 1.29 is 8.42 Å². The van der Waals surface area contributed by atoms with Gasteiger partial charge in [0.05, 0.1) is 10.4 Å². The number of aryl methyl sites for hydroxylation is 1. The van der Waals surface area contributed by atoms with Crippen LogP contribution < -0.4 is 4.72 Å². The average Bonchev–Trinajstić information content (AvgIpc) is 2.38. The SMILES string of the molecule is Cc1ccc(S(=O)(=O)NC(C)CCCl)c2cccnc12. The zero-order valence-electron chi connectivity index (χ0n) is 11.4. The van der Waals surface area contributed by atoms with Crippen molar-refractivity contribution in [3.63, 3.8) is 0 Å². The molecule has 2 aromatic rings. The molecule has 0 bridgehead atoms. The second kappa shape index (κ2) is 6.08. The van der Waals surface area contributed by atoms with Crippen molar-refractivity contribution in [2.24, 2.45) is 0 Å². The summed E-state index contributed by atoms with van der Waals surface area (Å²) in [5.41, 5.74) is 1.66. The first kappa shape index (κ1) is 15.2. The molecule has 0 aliphatic heterocycles. The highest BCUT2D eigenvalue weighted by Gasteiger charge is 2.20. The van der Waals surface area contributed by atoms with Crippen LogP contribution in [0.4, 0.5) is 0 Å². The van der Waals surface area contributed by atoms with E-state index in [9.17, 15) is 8.42 Å². The number of nitrogens with one attached hydrogen (secondary N) is 1. The number of aromatic nitrogens is 1. The lowest BCUT2D eigenvalue weighted by atomic mass is 10.1. The molecule has 0 aliphatic rings. The molecule has 1 atom stereocenters. The average molecular weight is 313 g/mol. The molecule has 1 unspecified atom stereocenters. The van der Waals surface area contributed by atoms with Crippen molar-refractivity contribution in [3.05, 3.63) is 36.0 Å². The Labute approximate surface area is 124 Å². The van der Waals surface area contributed by atoms with E-state index >= 15 is 0 Å². The molecular formula is C14H17ClN2O2S. The maximum atomic E-state index is 12.5. The molecule has 0 fully saturated rings.